The number of benzene rings is 1. The van der Waals surface area contributed by atoms with Crippen molar-refractivity contribution in [1.29, 1.82) is 0 Å². The van der Waals surface area contributed by atoms with Gasteiger partial charge in [0.2, 0.25) is 6.29 Å². The van der Waals surface area contributed by atoms with Crippen LogP contribution in [0, 0.1) is 11.8 Å². The zero-order valence-corrected chi connectivity index (χ0v) is 16.8. The van der Waals surface area contributed by atoms with Gasteiger partial charge in [-0.15, -0.1) is 0 Å². The summed E-state index contributed by atoms with van der Waals surface area (Å²) in [4.78, 5) is 11.5. The molecule has 0 saturated carbocycles. The minimum absolute atomic E-state index is 0.342. The third-order valence-corrected chi connectivity index (χ3v) is 3.43. The van der Waals surface area contributed by atoms with E-state index >= 15 is 0 Å². The van der Waals surface area contributed by atoms with Crippen molar-refractivity contribution in [2.75, 3.05) is 26.4 Å². The van der Waals surface area contributed by atoms with Gasteiger partial charge in [0.1, 0.15) is 0 Å². The van der Waals surface area contributed by atoms with E-state index in [0.717, 1.165) is 5.56 Å². The Balaban J connectivity index is 3.33. The predicted octanol–water partition coefficient (Wildman–Crippen LogP) is 3.46. The minimum Gasteiger partial charge on any atom is -0.444 e. The highest BCUT2D eigenvalue weighted by atomic mass is 16.8. The first kappa shape index (κ1) is 23.1. The maximum atomic E-state index is 11.5. The van der Waals surface area contributed by atoms with Crippen molar-refractivity contribution >= 4 is 5.97 Å². The summed E-state index contributed by atoms with van der Waals surface area (Å²) in [5.74, 6) is 4.10. The van der Waals surface area contributed by atoms with Crippen LogP contribution in [0.15, 0.2) is 30.3 Å². The van der Waals surface area contributed by atoms with E-state index in [1.165, 1.54) is 6.92 Å². The molecule has 0 saturated heterocycles. The summed E-state index contributed by atoms with van der Waals surface area (Å²) in [7, 11) is 0. The molecule has 1 aromatic rings. The van der Waals surface area contributed by atoms with Crippen LogP contribution in [0.25, 0.3) is 0 Å². The molecular formula is C21H30O6. The first-order valence-electron chi connectivity index (χ1n) is 9.28. The van der Waals surface area contributed by atoms with Crippen molar-refractivity contribution in [3.63, 3.8) is 0 Å². The second-order valence-electron chi connectivity index (χ2n) is 5.45. The Kier molecular flexibility index (Phi) is 10.7. The van der Waals surface area contributed by atoms with E-state index in [9.17, 15) is 4.79 Å². The van der Waals surface area contributed by atoms with Gasteiger partial charge in [0.15, 0.2) is 6.10 Å². The fraction of sp³-hybridized carbons (Fsp3) is 0.571. The molecule has 150 valence electrons. The molecule has 6 heteroatoms. The number of hydrogen-bond acceptors (Lipinski definition) is 6. The zero-order chi connectivity index (χ0) is 20.1. The second-order valence-corrected chi connectivity index (χ2v) is 5.45. The monoisotopic (exact) mass is 378 g/mol. The molecule has 27 heavy (non-hydrogen) atoms. The van der Waals surface area contributed by atoms with Crippen LogP contribution in [0.1, 0.15) is 46.3 Å². The van der Waals surface area contributed by atoms with Crippen LogP contribution in [0.5, 0.6) is 0 Å². The third kappa shape index (κ3) is 7.31. The molecule has 0 aromatic heterocycles. The van der Waals surface area contributed by atoms with E-state index in [2.05, 4.69) is 11.8 Å². The van der Waals surface area contributed by atoms with Crippen LogP contribution in [0.2, 0.25) is 0 Å². The van der Waals surface area contributed by atoms with Crippen molar-refractivity contribution in [3.8, 4) is 11.8 Å². The van der Waals surface area contributed by atoms with Gasteiger partial charge in [-0.25, -0.2) is 0 Å². The topological polar surface area (TPSA) is 63.2 Å². The molecule has 0 N–H and O–H groups in total. The molecule has 0 amide bonds. The average molecular weight is 378 g/mol. The molecule has 1 atom stereocenters. The number of esters is 1. The SMILES string of the molecule is CCOC(OCC)C(C#CC(OC(C)=O)c1ccccc1)(OCC)OCC. The van der Waals surface area contributed by atoms with Gasteiger partial charge in [0.25, 0.3) is 5.79 Å². The lowest BCUT2D eigenvalue weighted by molar-refractivity contribution is -0.321. The molecular weight excluding hydrogens is 348 g/mol. The summed E-state index contributed by atoms with van der Waals surface area (Å²) >= 11 is 0. The van der Waals surface area contributed by atoms with E-state index in [1.54, 1.807) is 0 Å². The van der Waals surface area contributed by atoms with Crippen molar-refractivity contribution in [1.82, 2.24) is 0 Å². The number of hydrogen-bond donors (Lipinski definition) is 0. The Morgan fingerprint density at radius 3 is 1.96 bits per heavy atom. The first-order valence-corrected chi connectivity index (χ1v) is 9.28. The predicted molar refractivity (Wildman–Crippen MR) is 102 cm³/mol. The molecule has 0 aliphatic heterocycles. The van der Waals surface area contributed by atoms with E-state index in [-0.39, 0.29) is 0 Å². The van der Waals surface area contributed by atoms with E-state index in [1.807, 2.05) is 58.0 Å². The molecule has 0 aliphatic carbocycles. The summed E-state index contributed by atoms with van der Waals surface area (Å²) in [6.45, 7) is 10.2. The van der Waals surface area contributed by atoms with Crippen LogP contribution in [-0.4, -0.2) is 44.5 Å². The Labute approximate surface area is 162 Å². The Bertz CT molecular complexity index is 592. The molecule has 1 aromatic carbocycles. The number of carbonyl (C=O) groups excluding carboxylic acids is 1. The molecule has 0 fully saturated rings. The van der Waals surface area contributed by atoms with Gasteiger partial charge >= 0.3 is 5.97 Å². The Morgan fingerprint density at radius 2 is 1.52 bits per heavy atom. The summed E-state index contributed by atoms with van der Waals surface area (Å²) < 4.78 is 28.4. The summed E-state index contributed by atoms with van der Waals surface area (Å²) in [5, 5.41) is 0. The van der Waals surface area contributed by atoms with E-state index < -0.39 is 24.2 Å². The van der Waals surface area contributed by atoms with Crippen molar-refractivity contribution in [2.45, 2.75) is 52.8 Å². The lowest BCUT2D eigenvalue weighted by Crippen LogP contribution is -2.49. The highest BCUT2D eigenvalue weighted by molar-refractivity contribution is 5.66. The second kappa shape index (κ2) is 12.5. The van der Waals surface area contributed by atoms with Crippen LogP contribution in [0.3, 0.4) is 0 Å². The molecule has 0 spiro atoms. The zero-order valence-electron chi connectivity index (χ0n) is 16.8. The lowest BCUT2D eigenvalue weighted by Gasteiger charge is -2.34. The fourth-order valence-corrected chi connectivity index (χ4v) is 2.45. The standard InChI is InChI=1S/C21H30O6/c1-6-23-20(24-7-2)21(25-8-3,26-9-4)16-15-19(27-17(5)22)18-13-11-10-12-14-18/h10-14,19-20H,6-9H2,1-5H3. The van der Waals surface area contributed by atoms with Gasteiger partial charge in [-0.1, -0.05) is 30.3 Å². The molecule has 0 heterocycles. The van der Waals surface area contributed by atoms with Gasteiger partial charge in [-0.2, -0.15) is 0 Å². The van der Waals surface area contributed by atoms with Crippen molar-refractivity contribution in [2.24, 2.45) is 0 Å². The maximum Gasteiger partial charge on any atom is 0.304 e. The smallest absolute Gasteiger partial charge is 0.304 e. The van der Waals surface area contributed by atoms with E-state index in [4.69, 9.17) is 23.7 Å². The van der Waals surface area contributed by atoms with Crippen LogP contribution in [-0.2, 0) is 28.5 Å². The van der Waals surface area contributed by atoms with E-state index in [0.29, 0.717) is 26.4 Å². The molecule has 0 radical (unpaired) electrons. The van der Waals surface area contributed by atoms with Crippen molar-refractivity contribution < 1.29 is 28.5 Å². The van der Waals surface area contributed by atoms with Crippen molar-refractivity contribution in [3.05, 3.63) is 35.9 Å². The number of ether oxygens (including phenoxy) is 5. The normalized spacial score (nSPS) is 12.4. The number of rotatable bonds is 11. The van der Waals surface area contributed by atoms with Gasteiger partial charge in [0.05, 0.1) is 0 Å². The van der Waals surface area contributed by atoms with Crippen LogP contribution >= 0.6 is 0 Å². The Hall–Kier alpha value is -1.91. The first-order chi connectivity index (χ1) is 13.0. The largest absolute Gasteiger partial charge is 0.444 e. The molecule has 0 bridgehead atoms. The average Bonchev–Trinajstić information content (AvgIpc) is 2.65. The third-order valence-electron chi connectivity index (χ3n) is 3.43. The fourth-order valence-electron chi connectivity index (χ4n) is 2.45. The number of carbonyl (C=O) groups is 1. The van der Waals surface area contributed by atoms with Gasteiger partial charge in [-0.3, -0.25) is 4.79 Å². The highest BCUT2D eigenvalue weighted by Gasteiger charge is 2.42. The summed E-state index contributed by atoms with van der Waals surface area (Å²) in [5.41, 5.74) is 0.756. The van der Waals surface area contributed by atoms with Crippen LogP contribution < -0.4 is 0 Å². The quantitative estimate of drug-likeness (QED) is 0.334. The molecule has 0 aliphatic rings. The highest BCUT2D eigenvalue weighted by Crippen LogP contribution is 2.24. The van der Waals surface area contributed by atoms with Gasteiger partial charge < -0.3 is 23.7 Å². The van der Waals surface area contributed by atoms with Gasteiger partial charge in [0, 0.05) is 38.9 Å². The minimum atomic E-state index is -1.43. The summed E-state index contributed by atoms with van der Waals surface area (Å²) in [6, 6.07) is 9.28. The molecule has 6 nitrogen and oxygen atoms in total. The van der Waals surface area contributed by atoms with Crippen LogP contribution in [0.4, 0.5) is 0 Å². The Morgan fingerprint density at radius 1 is 0.963 bits per heavy atom. The molecule has 1 rings (SSSR count). The lowest BCUT2D eigenvalue weighted by atomic mass is 10.1. The molecule has 1 unspecified atom stereocenters. The maximum absolute atomic E-state index is 11.5. The van der Waals surface area contributed by atoms with Gasteiger partial charge in [-0.05, 0) is 39.5 Å². The summed E-state index contributed by atoms with van der Waals surface area (Å²) in [6.07, 6.45) is -1.60.